The van der Waals surface area contributed by atoms with Gasteiger partial charge in [-0.1, -0.05) is 27.7 Å². The Morgan fingerprint density at radius 2 is 2.11 bits per heavy atom. The Balaban J connectivity index is 1.77. The van der Waals surface area contributed by atoms with E-state index in [1.54, 1.807) is 18.3 Å². The minimum atomic E-state index is -0.480. The molecule has 9 heteroatoms. The summed E-state index contributed by atoms with van der Waals surface area (Å²) in [6.07, 6.45) is 1.57. The maximum atomic E-state index is 12.4. The molecular weight excluding hydrogens is 362 g/mol. The summed E-state index contributed by atoms with van der Waals surface area (Å²) in [4.78, 5) is 32.9. The van der Waals surface area contributed by atoms with Crippen LogP contribution in [0.3, 0.4) is 0 Å². The first kappa shape index (κ1) is 19.5. The molecule has 3 rings (SSSR count). The van der Waals surface area contributed by atoms with E-state index in [1.807, 2.05) is 27.7 Å². The molecule has 0 aliphatic rings. The molecule has 3 aromatic heterocycles. The van der Waals surface area contributed by atoms with Gasteiger partial charge in [-0.15, -0.1) is 0 Å². The molecule has 0 bridgehead atoms. The minimum Gasteiger partial charge on any atom is -0.491 e. The van der Waals surface area contributed by atoms with Gasteiger partial charge >= 0.3 is 6.01 Å². The highest BCUT2D eigenvalue weighted by atomic mass is 16.5. The second-order valence-electron chi connectivity index (χ2n) is 7.14. The molecule has 0 radical (unpaired) electrons. The maximum Gasteiger partial charge on any atom is 0.303 e. The van der Waals surface area contributed by atoms with Gasteiger partial charge in [-0.2, -0.15) is 10.1 Å². The predicted octanol–water partition coefficient (Wildman–Crippen LogP) is 2.58. The number of nitrogens with one attached hydrogen (secondary N) is 1. The van der Waals surface area contributed by atoms with E-state index in [9.17, 15) is 9.59 Å². The Morgan fingerprint density at radius 1 is 1.32 bits per heavy atom. The van der Waals surface area contributed by atoms with Gasteiger partial charge in [0.25, 0.3) is 5.56 Å². The van der Waals surface area contributed by atoms with Crippen LogP contribution in [0.1, 0.15) is 39.3 Å². The number of carbonyl (C=O) groups excluding carboxylic acids is 1. The summed E-state index contributed by atoms with van der Waals surface area (Å²) in [7, 11) is 0. The number of carbonyl (C=O) groups is 1. The van der Waals surface area contributed by atoms with Crippen molar-refractivity contribution in [1.82, 2.24) is 19.7 Å². The molecule has 28 heavy (non-hydrogen) atoms. The fraction of sp³-hybridized carbons (Fsp3) is 0.421. The fourth-order valence-electron chi connectivity index (χ4n) is 2.49. The van der Waals surface area contributed by atoms with Gasteiger partial charge in [0.15, 0.2) is 0 Å². The van der Waals surface area contributed by atoms with Crippen molar-refractivity contribution in [3.05, 3.63) is 40.4 Å². The van der Waals surface area contributed by atoms with Crippen molar-refractivity contribution >= 4 is 23.2 Å². The zero-order valence-corrected chi connectivity index (χ0v) is 16.3. The number of anilines is 1. The number of hydrogen-bond acceptors (Lipinski definition) is 7. The topological polar surface area (TPSA) is 112 Å². The van der Waals surface area contributed by atoms with Gasteiger partial charge in [-0.3, -0.25) is 14.9 Å². The summed E-state index contributed by atoms with van der Waals surface area (Å²) < 4.78 is 12.2. The van der Waals surface area contributed by atoms with E-state index < -0.39 is 11.5 Å². The molecule has 0 saturated carbocycles. The van der Waals surface area contributed by atoms with Crippen LogP contribution < -0.4 is 15.6 Å². The zero-order chi connectivity index (χ0) is 20.3. The summed E-state index contributed by atoms with van der Waals surface area (Å²) >= 11 is 0. The Morgan fingerprint density at radius 3 is 2.79 bits per heavy atom. The van der Waals surface area contributed by atoms with Crippen molar-refractivity contribution in [2.75, 3.05) is 11.9 Å². The highest BCUT2D eigenvalue weighted by Gasteiger charge is 2.17. The monoisotopic (exact) mass is 385 g/mol. The number of oxazole rings is 1. The molecule has 3 heterocycles. The molecule has 148 valence electrons. The van der Waals surface area contributed by atoms with Crippen LogP contribution in [0.2, 0.25) is 0 Å². The Hall–Kier alpha value is -3.23. The van der Waals surface area contributed by atoms with Gasteiger partial charge in [-0.05, 0) is 18.1 Å². The smallest absolute Gasteiger partial charge is 0.303 e. The molecule has 1 amide bonds. The molecule has 1 N–H and O–H groups in total. The third-order valence-electron chi connectivity index (χ3n) is 3.82. The van der Waals surface area contributed by atoms with Crippen LogP contribution in [0.5, 0.6) is 5.75 Å². The first-order valence-corrected chi connectivity index (χ1v) is 9.09. The van der Waals surface area contributed by atoms with Crippen LogP contribution in [0, 0.1) is 5.92 Å². The summed E-state index contributed by atoms with van der Waals surface area (Å²) in [5, 5.41) is 6.85. The minimum absolute atomic E-state index is 0.0210. The number of hydrogen-bond donors (Lipinski definition) is 1. The maximum absolute atomic E-state index is 12.4. The van der Waals surface area contributed by atoms with Crippen molar-refractivity contribution in [1.29, 1.82) is 0 Å². The average Bonchev–Trinajstić information content (AvgIpc) is 3.03. The lowest BCUT2D eigenvalue weighted by atomic mass is 10.1. The van der Waals surface area contributed by atoms with E-state index in [1.165, 1.54) is 6.07 Å². The normalized spacial score (nSPS) is 11.4. The van der Waals surface area contributed by atoms with Crippen LogP contribution in [0.4, 0.5) is 6.01 Å². The molecular formula is C19H23N5O4. The highest BCUT2D eigenvalue weighted by molar-refractivity contribution is 5.89. The van der Waals surface area contributed by atoms with Gasteiger partial charge in [-0.25, -0.2) is 9.67 Å². The van der Waals surface area contributed by atoms with E-state index in [-0.39, 0.29) is 18.5 Å². The number of amides is 1. The number of fused-ring (bicyclic) bond motifs is 1. The third kappa shape index (κ3) is 4.54. The van der Waals surface area contributed by atoms with Crippen molar-refractivity contribution in [2.24, 2.45) is 5.92 Å². The molecule has 0 fully saturated rings. The molecule has 3 aromatic rings. The quantitative estimate of drug-likeness (QED) is 0.665. The number of aromatic nitrogens is 4. The van der Waals surface area contributed by atoms with E-state index in [0.717, 1.165) is 4.68 Å². The van der Waals surface area contributed by atoms with Crippen molar-refractivity contribution in [3.63, 3.8) is 0 Å². The standard InChI is InChI=1S/C19H23N5O4/c1-11(2)10-27-14-8-16(26)24(23-17(14)12(3)4)9-15(25)22-19-21-13-6-5-7-20-18(13)28-19/h5-8,11-12H,9-10H2,1-4H3,(H,21,22,25). The Bertz CT molecular complexity index is 1010. The summed E-state index contributed by atoms with van der Waals surface area (Å²) in [5.74, 6) is 0.321. The van der Waals surface area contributed by atoms with Crippen LogP contribution >= 0.6 is 0 Å². The highest BCUT2D eigenvalue weighted by Crippen LogP contribution is 2.22. The fourth-order valence-corrected chi connectivity index (χ4v) is 2.49. The Labute approximate surface area is 161 Å². The largest absolute Gasteiger partial charge is 0.491 e. The molecule has 0 aliphatic heterocycles. The summed E-state index contributed by atoms with van der Waals surface area (Å²) in [6, 6.07) is 4.84. The van der Waals surface area contributed by atoms with E-state index in [2.05, 4.69) is 20.4 Å². The SMILES string of the molecule is CC(C)COc1cc(=O)n(CC(=O)Nc2nc3cccnc3o2)nc1C(C)C. The average molecular weight is 385 g/mol. The van der Waals surface area contributed by atoms with E-state index in [4.69, 9.17) is 9.15 Å². The molecule has 0 unspecified atom stereocenters. The molecule has 0 aromatic carbocycles. The van der Waals surface area contributed by atoms with Gasteiger partial charge in [0.05, 0.1) is 6.61 Å². The second kappa shape index (κ2) is 8.20. The zero-order valence-electron chi connectivity index (χ0n) is 16.3. The Kier molecular flexibility index (Phi) is 5.72. The summed E-state index contributed by atoms with van der Waals surface area (Å²) in [6.45, 7) is 8.16. The number of rotatable bonds is 7. The lowest BCUT2D eigenvalue weighted by molar-refractivity contribution is -0.117. The van der Waals surface area contributed by atoms with Crippen LogP contribution in [0.25, 0.3) is 11.2 Å². The number of ether oxygens (including phenoxy) is 1. The molecule has 0 spiro atoms. The lowest BCUT2D eigenvalue weighted by Gasteiger charge is -2.16. The molecule has 0 atom stereocenters. The van der Waals surface area contributed by atoms with Gasteiger partial charge in [0, 0.05) is 18.2 Å². The first-order valence-electron chi connectivity index (χ1n) is 9.09. The van der Waals surface area contributed by atoms with Gasteiger partial charge in [0.1, 0.15) is 23.5 Å². The van der Waals surface area contributed by atoms with Crippen molar-refractivity contribution in [2.45, 2.75) is 40.2 Å². The van der Waals surface area contributed by atoms with E-state index in [0.29, 0.717) is 35.2 Å². The molecule has 9 nitrogen and oxygen atoms in total. The number of pyridine rings is 1. The summed E-state index contributed by atoms with van der Waals surface area (Å²) in [5.41, 5.74) is 1.06. The second-order valence-corrected chi connectivity index (χ2v) is 7.14. The van der Waals surface area contributed by atoms with Crippen molar-refractivity contribution < 1.29 is 13.9 Å². The van der Waals surface area contributed by atoms with Gasteiger partial charge < -0.3 is 9.15 Å². The molecule has 0 aliphatic carbocycles. The van der Waals surface area contributed by atoms with E-state index >= 15 is 0 Å². The third-order valence-corrected chi connectivity index (χ3v) is 3.82. The van der Waals surface area contributed by atoms with Crippen LogP contribution in [0.15, 0.2) is 33.6 Å². The van der Waals surface area contributed by atoms with Crippen LogP contribution in [-0.2, 0) is 11.3 Å². The number of nitrogens with zero attached hydrogens (tertiary/aromatic N) is 4. The molecule has 0 saturated heterocycles. The van der Waals surface area contributed by atoms with Crippen molar-refractivity contribution in [3.8, 4) is 5.75 Å². The first-order chi connectivity index (χ1) is 13.3. The lowest BCUT2D eigenvalue weighted by Crippen LogP contribution is -2.30. The van der Waals surface area contributed by atoms with Crippen LogP contribution in [-0.4, -0.2) is 32.3 Å². The predicted molar refractivity (Wildman–Crippen MR) is 103 cm³/mol. The van der Waals surface area contributed by atoms with Gasteiger partial charge in [0.2, 0.25) is 11.6 Å².